The van der Waals surface area contributed by atoms with Crippen molar-refractivity contribution in [2.24, 2.45) is 0 Å². The number of halogens is 1. The maximum Gasteiger partial charge on any atom is 0.254 e. The summed E-state index contributed by atoms with van der Waals surface area (Å²) >= 11 is 0. The molecule has 38 heavy (non-hydrogen) atoms. The van der Waals surface area contributed by atoms with Gasteiger partial charge in [0.15, 0.2) is 0 Å². The molecule has 2 N–H and O–H groups in total. The van der Waals surface area contributed by atoms with Gasteiger partial charge < -0.3 is 20.3 Å². The van der Waals surface area contributed by atoms with Gasteiger partial charge in [0.05, 0.1) is 34.9 Å². The Morgan fingerprint density at radius 3 is 2.87 bits per heavy atom. The molecule has 3 aromatic heterocycles. The number of pyridine rings is 2. The predicted octanol–water partition coefficient (Wildman–Crippen LogP) is 4.94. The van der Waals surface area contributed by atoms with E-state index in [1.807, 2.05) is 36.7 Å². The molecule has 198 valence electrons. The molecule has 0 fully saturated rings. The van der Waals surface area contributed by atoms with E-state index in [0.717, 1.165) is 48.3 Å². The quantitative estimate of drug-likeness (QED) is 0.311. The molecule has 1 aromatic carbocycles. The minimum Gasteiger partial charge on any atom is -0.382 e. The summed E-state index contributed by atoms with van der Waals surface area (Å²) in [5.41, 5.74) is 6.60. The first-order chi connectivity index (χ1) is 18.3. The second-order valence-electron chi connectivity index (χ2n) is 10.0. The third kappa shape index (κ3) is 5.25. The molecule has 0 aliphatic carbocycles. The average molecular weight is 517 g/mol. The van der Waals surface area contributed by atoms with Gasteiger partial charge in [-0.2, -0.15) is 0 Å². The van der Waals surface area contributed by atoms with Crippen LogP contribution >= 0.6 is 0 Å². The fourth-order valence-corrected chi connectivity index (χ4v) is 4.95. The van der Waals surface area contributed by atoms with Crippen LogP contribution in [0.4, 0.5) is 15.9 Å². The summed E-state index contributed by atoms with van der Waals surface area (Å²) in [6.45, 7) is 3.21. The molecule has 8 nitrogen and oxygen atoms in total. The Kier molecular flexibility index (Phi) is 7.40. The van der Waals surface area contributed by atoms with E-state index in [-0.39, 0.29) is 17.8 Å². The van der Waals surface area contributed by atoms with E-state index in [9.17, 15) is 9.18 Å². The van der Waals surface area contributed by atoms with Gasteiger partial charge in [-0.1, -0.05) is 12.1 Å². The largest absolute Gasteiger partial charge is 0.382 e. The van der Waals surface area contributed by atoms with Crippen LogP contribution in [-0.4, -0.2) is 52.5 Å². The Labute approximate surface area is 221 Å². The molecule has 1 amide bonds. The van der Waals surface area contributed by atoms with Crippen LogP contribution in [-0.2, 0) is 24.2 Å². The number of benzene rings is 1. The molecule has 0 spiro atoms. The first-order valence-electron chi connectivity index (χ1n) is 12.8. The zero-order chi connectivity index (χ0) is 26.8. The zero-order valence-corrected chi connectivity index (χ0v) is 22.2. The average Bonchev–Trinajstić information content (AvgIpc) is 3.48. The number of nitrogens with one attached hydrogen (secondary N) is 2. The zero-order valence-electron chi connectivity index (χ0n) is 22.2. The molecule has 0 saturated heterocycles. The number of imidazole rings is 1. The topological polar surface area (TPSA) is 83.8 Å². The number of ether oxygens (including phenoxy) is 1. The van der Waals surface area contributed by atoms with E-state index < -0.39 is 0 Å². The molecule has 9 heteroatoms. The molecule has 1 atom stereocenters. The second-order valence-corrected chi connectivity index (χ2v) is 10.0. The van der Waals surface area contributed by atoms with Gasteiger partial charge in [-0.15, -0.1) is 0 Å². The smallest absolute Gasteiger partial charge is 0.254 e. The summed E-state index contributed by atoms with van der Waals surface area (Å²) in [6, 6.07) is 10.8. The molecular weight excluding hydrogens is 483 g/mol. The summed E-state index contributed by atoms with van der Waals surface area (Å²) in [7, 11) is 5.80. The molecule has 4 aromatic rings. The normalized spacial score (nSPS) is 13.7. The third-order valence-electron chi connectivity index (χ3n) is 6.97. The number of carbonyl (C=O) groups excluding carboxylic acids is 1. The Morgan fingerprint density at radius 2 is 2.08 bits per heavy atom. The van der Waals surface area contributed by atoms with Crippen LogP contribution in [0.5, 0.6) is 0 Å². The highest BCUT2D eigenvalue weighted by Crippen LogP contribution is 2.35. The fraction of sp³-hybridized carbons (Fsp3) is 0.345. The van der Waals surface area contributed by atoms with Crippen molar-refractivity contribution in [3.8, 4) is 11.3 Å². The number of amides is 1. The summed E-state index contributed by atoms with van der Waals surface area (Å²) in [6.07, 6.45) is 6.55. The van der Waals surface area contributed by atoms with Crippen molar-refractivity contribution < 1.29 is 13.9 Å². The van der Waals surface area contributed by atoms with Crippen molar-refractivity contribution in [2.75, 3.05) is 26.5 Å². The predicted molar refractivity (Wildman–Crippen MR) is 146 cm³/mol. The van der Waals surface area contributed by atoms with E-state index in [4.69, 9.17) is 9.72 Å². The highest BCUT2D eigenvalue weighted by molar-refractivity contribution is 6.06. The number of carbonyl (C=O) groups is 1. The molecule has 1 aliphatic heterocycles. The number of nitrogens with zero attached hydrogens (tertiary/aromatic N) is 4. The SMILES string of the molecule is COC(C)CCCc1ccc(Nc2ccc(-c3cnc4cc(F)ccn34)c3c2C(=O)NC3)nc1CN(C)C. The maximum atomic E-state index is 13.7. The molecule has 1 aliphatic rings. The van der Waals surface area contributed by atoms with Gasteiger partial charge in [0, 0.05) is 38.0 Å². The molecule has 4 heterocycles. The Hall–Kier alpha value is -3.82. The summed E-state index contributed by atoms with van der Waals surface area (Å²) in [5, 5.41) is 6.34. The highest BCUT2D eigenvalue weighted by atomic mass is 19.1. The summed E-state index contributed by atoms with van der Waals surface area (Å²) in [4.78, 5) is 24.3. The lowest BCUT2D eigenvalue weighted by Gasteiger charge is -2.17. The van der Waals surface area contributed by atoms with E-state index in [2.05, 4.69) is 33.5 Å². The standard InChI is InChI=1S/C29H33FN6O2/c1-18(38-4)6-5-7-19-8-11-26(34-24(19)17-35(2)3)33-23-10-9-21(22-15-32-29(37)28(22)23)25-16-31-27-14-20(30)12-13-36(25)27/h8-14,16,18H,5-7,15,17H2,1-4H3,(H,32,37)(H,33,34). The van der Waals surface area contributed by atoms with Gasteiger partial charge in [-0.05, 0) is 69.6 Å². The maximum absolute atomic E-state index is 13.7. The molecule has 0 bridgehead atoms. The molecule has 0 saturated carbocycles. The van der Waals surface area contributed by atoms with Gasteiger partial charge in [0.25, 0.3) is 5.91 Å². The highest BCUT2D eigenvalue weighted by Gasteiger charge is 2.27. The number of aromatic nitrogens is 3. The van der Waals surface area contributed by atoms with E-state index in [0.29, 0.717) is 29.3 Å². The monoisotopic (exact) mass is 516 g/mol. The van der Waals surface area contributed by atoms with Crippen LogP contribution in [0.15, 0.2) is 48.8 Å². The minimum atomic E-state index is -0.340. The van der Waals surface area contributed by atoms with Gasteiger partial charge in [-0.25, -0.2) is 14.4 Å². The number of hydrogen-bond donors (Lipinski definition) is 2. The first-order valence-corrected chi connectivity index (χ1v) is 12.8. The fourth-order valence-electron chi connectivity index (χ4n) is 4.95. The first kappa shape index (κ1) is 25.8. The molecular formula is C29H33FN6O2. The van der Waals surface area contributed by atoms with Gasteiger partial charge in [0.1, 0.15) is 17.3 Å². The van der Waals surface area contributed by atoms with Gasteiger partial charge >= 0.3 is 0 Å². The second kappa shape index (κ2) is 10.9. The Balaban J connectivity index is 1.45. The van der Waals surface area contributed by atoms with Crippen molar-refractivity contribution in [1.29, 1.82) is 0 Å². The van der Waals surface area contributed by atoms with Crippen LogP contribution in [0.25, 0.3) is 16.9 Å². The Morgan fingerprint density at radius 1 is 1.24 bits per heavy atom. The lowest BCUT2D eigenvalue weighted by molar-refractivity contribution is 0.0966. The summed E-state index contributed by atoms with van der Waals surface area (Å²) < 4.78 is 20.9. The van der Waals surface area contributed by atoms with Crippen molar-refractivity contribution in [1.82, 2.24) is 24.6 Å². The number of anilines is 2. The van der Waals surface area contributed by atoms with Crippen LogP contribution in [0.1, 0.15) is 46.9 Å². The Bertz CT molecular complexity index is 1480. The summed E-state index contributed by atoms with van der Waals surface area (Å²) in [5.74, 6) is 0.213. The molecule has 0 radical (unpaired) electrons. The minimum absolute atomic E-state index is 0.137. The number of hydrogen-bond acceptors (Lipinski definition) is 6. The number of rotatable bonds is 10. The number of fused-ring (bicyclic) bond motifs is 2. The van der Waals surface area contributed by atoms with Crippen molar-refractivity contribution >= 4 is 23.1 Å². The van der Waals surface area contributed by atoms with E-state index in [1.165, 1.54) is 17.7 Å². The number of aryl methyl sites for hydroxylation is 1. The van der Waals surface area contributed by atoms with E-state index in [1.54, 1.807) is 19.5 Å². The van der Waals surface area contributed by atoms with Gasteiger partial charge in [0.2, 0.25) is 0 Å². The van der Waals surface area contributed by atoms with Crippen molar-refractivity contribution in [3.63, 3.8) is 0 Å². The molecule has 1 unspecified atom stereocenters. The lowest BCUT2D eigenvalue weighted by Crippen LogP contribution is -2.15. The van der Waals surface area contributed by atoms with Gasteiger partial charge in [-0.3, -0.25) is 9.20 Å². The van der Waals surface area contributed by atoms with E-state index >= 15 is 0 Å². The lowest BCUT2D eigenvalue weighted by atomic mass is 9.99. The van der Waals surface area contributed by atoms with Crippen LogP contribution in [0.3, 0.4) is 0 Å². The van der Waals surface area contributed by atoms with Crippen molar-refractivity contribution in [3.05, 3.63) is 77.0 Å². The van der Waals surface area contributed by atoms with Crippen LogP contribution in [0.2, 0.25) is 0 Å². The van der Waals surface area contributed by atoms with Crippen LogP contribution in [0, 0.1) is 5.82 Å². The third-order valence-corrected chi connectivity index (χ3v) is 6.97. The van der Waals surface area contributed by atoms with Crippen LogP contribution < -0.4 is 10.6 Å². The van der Waals surface area contributed by atoms with Crippen molar-refractivity contribution in [2.45, 2.75) is 45.4 Å². The number of methoxy groups -OCH3 is 1. The molecule has 5 rings (SSSR count).